The van der Waals surface area contributed by atoms with Crippen LogP contribution in [0.25, 0.3) is 11.0 Å². The molecule has 2 saturated heterocycles. The Balaban J connectivity index is 1.55. The normalized spacial score (nSPS) is 33.9. The number of rotatable bonds is 4. The van der Waals surface area contributed by atoms with Gasteiger partial charge < -0.3 is 31.0 Å². The summed E-state index contributed by atoms with van der Waals surface area (Å²) in [7, 11) is 0. The second kappa shape index (κ2) is 6.60. The smallest absolute Gasteiger partial charge is 0.262 e. The number of nitrogen functional groups attached to an aromatic ring is 1. The molecule has 0 saturated carbocycles. The molecule has 0 aliphatic carbocycles. The van der Waals surface area contributed by atoms with Crippen LogP contribution < -0.4 is 11.5 Å². The molecular weight excluding hydrogens is 362 g/mol. The van der Waals surface area contributed by atoms with Gasteiger partial charge in [0.1, 0.15) is 36.1 Å². The number of alkyl halides is 2. The van der Waals surface area contributed by atoms with Crippen LogP contribution in [0.15, 0.2) is 18.6 Å². The van der Waals surface area contributed by atoms with Crippen LogP contribution in [0.2, 0.25) is 0 Å². The zero-order chi connectivity index (χ0) is 19.3. The summed E-state index contributed by atoms with van der Waals surface area (Å²) in [6, 6.07) is 1.19. The van der Waals surface area contributed by atoms with Crippen molar-refractivity contribution >= 4 is 16.9 Å². The van der Waals surface area contributed by atoms with Crippen LogP contribution in [0, 0.1) is 0 Å². The third-order valence-electron chi connectivity index (χ3n) is 5.32. The van der Waals surface area contributed by atoms with Gasteiger partial charge in [-0.2, -0.15) is 0 Å². The molecule has 2 aliphatic rings. The molecule has 2 aliphatic heterocycles. The highest BCUT2D eigenvalue weighted by molar-refractivity contribution is 5.86. The van der Waals surface area contributed by atoms with Crippen LogP contribution in [-0.4, -0.2) is 79.6 Å². The summed E-state index contributed by atoms with van der Waals surface area (Å²) in [4.78, 5) is 9.57. The molecule has 2 fully saturated rings. The zero-order valence-corrected chi connectivity index (χ0v) is 14.4. The highest BCUT2D eigenvalue weighted by Crippen LogP contribution is 2.36. The Morgan fingerprint density at radius 2 is 2.07 bits per heavy atom. The molecule has 0 aromatic carbocycles. The van der Waals surface area contributed by atoms with Crippen LogP contribution in [0.4, 0.5) is 14.6 Å². The fraction of sp³-hybridized carbons (Fsp3) is 0.625. The number of halogens is 2. The number of hydrogen-bond donors (Lipinski definition) is 4. The van der Waals surface area contributed by atoms with Crippen LogP contribution in [0.5, 0.6) is 0 Å². The summed E-state index contributed by atoms with van der Waals surface area (Å²) in [5, 5.41) is 21.5. The Kier molecular flexibility index (Phi) is 4.51. The second-order valence-electron chi connectivity index (χ2n) is 7.14. The van der Waals surface area contributed by atoms with Crippen molar-refractivity contribution in [2.24, 2.45) is 5.73 Å². The van der Waals surface area contributed by atoms with Gasteiger partial charge in [0, 0.05) is 31.7 Å². The molecule has 148 valence electrons. The molecule has 2 aromatic rings. The Labute approximate surface area is 153 Å². The number of likely N-dealkylation sites (tertiary alicyclic amines) is 1. The quantitative estimate of drug-likeness (QED) is 0.543. The van der Waals surface area contributed by atoms with Crippen molar-refractivity contribution in [1.82, 2.24) is 19.4 Å². The minimum Gasteiger partial charge on any atom is -0.387 e. The minimum atomic E-state index is -2.82. The number of fused-ring (bicyclic) bond motifs is 1. The van der Waals surface area contributed by atoms with E-state index in [0.29, 0.717) is 11.0 Å². The molecule has 4 rings (SSSR count). The van der Waals surface area contributed by atoms with Crippen molar-refractivity contribution in [1.29, 1.82) is 0 Å². The maximum Gasteiger partial charge on any atom is 0.262 e. The lowest BCUT2D eigenvalue weighted by Gasteiger charge is -2.26. The summed E-state index contributed by atoms with van der Waals surface area (Å²) < 4.78 is 34.8. The van der Waals surface area contributed by atoms with Gasteiger partial charge in [-0.25, -0.2) is 18.7 Å². The predicted molar refractivity (Wildman–Crippen MR) is 91.8 cm³/mol. The van der Waals surface area contributed by atoms with Crippen molar-refractivity contribution < 1.29 is 23.7 Å². The monoisotopic (exact) mass is 384 g/mol. The lowest BCUT2D eigenvalue weighted by atomic mass is 10.1. The number of anilines is 1. The summed E-state index contributed by atoms with van der Waals surface area (Å²) in [6.45, 7) is -0.316. The van der Waals surface area contributed by atoms with Crippen molar-refractivity contribution in [3.63, 3.8) is 0 Å². The van der Waals surface area contributed by atoms with E-state index in [2.05, 4.69) is 9.97 Å². The van der Waals surface area contributed by atoms with Crippen LogP contribution in [0.1, 0.15) is 12.6 Å². The molecular formula is C16H22F2N6O3. The average Bonchev–Trinajstić information content (AvgIpc) is 3.25. The van der Waals surface area contributed by atoms with E-state index in [-0.39, 0.29) is 25.3 Å². The van der Waals surface area contributed by atoms with Crippen LogP contribution in [-0.2, 0) is 4.74 Å². The van der Waals surface area contributed by atoms with E-state index in [1.807, 2.05) is 0 Å². The minimum absolute atomic E-state index is 0.0442. The van der Waals surface area contributed by atoms with Crippen molar-refractivity contribution in [2.45, 2.75) is 42.9 Å². The summed E-state index contributed by atoms with van der Waals surface area (Å²) in [5.41, 5.74) is 11.9. The molecule has 0 radical (unpaired) electrons. The standard InChI is InChI=1S/C16H22F2N6O3/c17-16(18)3-8(4-19)23(6-16)5-10-11(25)12(26)15(27-10)24-2-1-9-13(20)21-7-22-14(9)24/h1-2,7-8,10-12,15,25-26H,3-6,19H2,(H2,20,21,22)/t8-,10-,11-,12-,15-/m1/s1. The van der Waals surface area contributed by atoms with Crippen LogP contribution >= 0.6 is 0 Å². The molecule has 2 aromatic heterocycles. The van der Waals surface area contributed by atoms with E-state index in [1.54, 1.807) is 16.8 Å². The molecule has 6 N–H and O–H groups in total. The number of aromatic nitrogens is 3. The topological polar surface area (TPSA) is 136 Å². The molecule has 27 heavy (non-hydrogen) atoms. The van der Waals surface area contributed by atoms with Gasteiger partial charge >= 0.3 is 0 Å². The Morgan fingerprint density at radius 3 is 2.81 bits per heavy atom. The van der Waals surface area contributed by atoms with Gasteiger partial charge in [0.25, 0.3) is 5.92 Å². The molecule has 4 heterocycles. The highest BCUT2D eigenvalue weighted by atomic mass is 19.3. The Bertz CT molecular complexity index is 834. The van der Waals surface area contributed by atoms with E-state index in [1.165, 1.54) is 11.2 Å². The molecule has 11 heteroatoms. The van der Waals surface area contributed by atoms with Gasteiger partial charge in [-0.1, -0.05) is 0 Å². The molecule has 0 spiro atoms. The predicted octanol–water partition coefficient (Wildman–Crippen LogP) is -0.699. The lowest BCUT2D eigenvalue weighted by Crippen LogP contribution is -2.44. The van der Waals surface area contributed by atoms with Crippen molar-refractivity contribution in [3.05, 3.63) is 18.6 Å². The van der Waals surface area contributed by atoms with Crippen molar-refractivity contribution in [2.75, 3.05) is 25.4 Å². The third-order valence-corrected chi connectivity index (χ3v) is 5.32. The number of ether oxygens (including phenoxy) is 1. The zero-order valence-electron chi connectivity index (χ0n) is 14.4. The first kappa shape index (κ1) is 18.4. The maximum absolute atomic E-state index is 13.7. The first-order valence-electron chi connectivity index (χ1n) is 8.71. The van der Waals surface area contributed by atoms with Crippen molar-refractivity contribution in [3.8, 4) is 0 Å². The van der Waals surface area contributed by atoms with Gasteiger partial charge in [0.15, 0.2) is 6.23 Å². The van der Waals surface area contributed by atoms with Gasteiger partial charge in [-0.3, -0.25) is 4.90 Å². The van der Waals surface area contributed by atoms with Crippen LogP contribution in [0.3, 0.4) is 0 Å². The van der Waals surface area contributed by atoms with Gasteiger partial charge in [-0.15, -0.1) is 0 Å². The van der Waals surface area contributed by atoms with E-state index in [9.17, 15) is 19.0 Å². The summed E-state index contributed by atoms with van der Waals surface area (Å²) >= 11 is 0. The molecule has 9 nitrogen and oxygen atoms in total. The van der Waals surface area contributed by atoms with E-state index < -0.39 is 43.0 Å². The number of nitrogens with zero attached hydrogens (tertiary/aromatic N) is 4. The fourth-order valence-electron chi connectivity index (χ4n) is 3.95. The second-order valence-corrected chi connectivity index (χ2v) is 7.14. The largest absolute Gasteiger partial charge is 0.387 e. The highest BCUT2D eigenvalue weighted by Gasteiger charge is 2.49. The number of aliphatic hydroxyl groups is 2. The number of aliphatic hydroxyl groups excluding tert-OH is 2. The van der Waals surface area contributed by atoms with Gasteiger partial charge in [-0.05, 0) is 6.07 Å². The Hall–Kier alpha value is -1.92. The van der Waals surface area contributed by atoms with E-state index >= 15 is 0 Å². The van der Waals surface area contributed by atoms with Gasteiger partial charge in [0.05, 0.1) is 11.9 Å². The molecule has 0 unspecified atom stereocenters. The molecule has 0 bridgehead atoms. The first-order chi connectivity index (χ1) is 12.8. The maximum atomic E-state index is 13.7. The molecule has 0 amide bonds. The lowest BCUT2D eigenvalue weighted by molar-refractivity contribution is -0.0485. The van der Waals surface area contributed by atoms with E-state index in [4.69, 9.17) is 16.2 Å². The van der Waals surface area contributed by atoms with E-state index in [0.717, 1.165) is 0 Å². The summed E-state index contributed by atoms with van der Waals surface area (Å²) in [5.74, 6) is -2.54. The first-order valence-corrected chi connectivity index (χ1v) is 8.71. The van der Waals surface area contributed by atoms with Gasteiger partial charge in [0.2, 0.25) is 0 Å². The molecule has 5 atom stereocenters. The summed E-state index contributed by atoms with van der Waals surface area (Å²) in [6.07, 6.45) is -1.65. The third kappa shape index (κ3) is 3.15. The number of nitrogens with two attached hydrogens (primary N) is 2. The fourth-order valence-corrected chi connectivity index (χ4v) is 3.95. The SMILES string of the molecule is NC[C@H]1CC(F)(F)CN1C[C@H]1O[C@@H](n2ccc3c(N)ncnc32)[C@H](O)[C@@H]1O. The number of hydrogen-bond acceptors (Lipinski definition) is 8. The average molecular weight is 384 g/mol. The Morgan fingerprint density at radius 1 is 1.30 bits per heavy atom.